The van der Waals surface area contributed by atoms with E-state index in [1.807, 2.05) is 0 Å². The van der Waals surface area contributed by atoms with Crippen LogP contribution < -0.4 is 4.74 Å². The van der Waals surface area contributed by atoms with Gasteiger partial charge in [0.25, 0.3) is 0 Å². The summed E-state index contributed by atoms with van der Waals surface area (Å²) in [6.07, 6.45) is -3.18. The fraction of sp³-hybridized carbons (Fsp3) is 0.455. The molecule has 0 saturated heterocycles. The third-order valence-electron chi connectivity index (χ3n) is 1.93. The molecule has 3 nitrogen and oxygen atoms in total. The number of pyridine rings is 1. The normalized spacial score (nSPS) is 11.6. The van der Waals surface area contributed by atoms with Crippen molar-refractivity contribution in [2.24, 2.45) is 5.92 Å². The summed E-state index contributed by atoms with van der Waals surface area (Å²) in [7, 11) is 0. The molecule has 0 saturated carbocycles. The van der Waals surface area contributed by atoms with Crippen molar-refractivity contribution in [1.29, 1.82) is 0 Å². The maximum absolute atomic E-state index is 11.8. The lowest BCUT2D eigenvalue weighted by Crippen LogP contribution is -2.19. The first-order valence-corrected chi connectivity index (χ1v) is 4.99. The molecule has 0 fully saturated rings. The highest BCUT2D eigenvalue weighted by molar-refractivity contribution is 5.97. The van der Waals surface area contributed by atoms with Crippen molar-refractivity contribution in [3.8, 4) is 5.88 Å². The Morgan fingerprint density at radius 1 is 1.41 bits per heavy atom. The molecule has 0 aliphatic carbocycles. The monoisotopic (exact) mass is 247 g/mol. The number of ether oxygens (including phenoxy) is 1. The number of alkyl halides is 3. The summed E-state index contributed by atoms with van der Waals surface area (Å²) in [6.45, 7) is 2.07. The summed E-state index contributed by atoms with van der Waals surface area (Å²) < 4.78 is 40.0. The second kappa shape index (κ2) is 5.16. The number of carbonyl (C=O) groups excluding carboxylic acids is 1. The Morgan fingerprint density at radius 3 is 2.47 bits per heavy atom. The molecular weight excluding hydrogens is 235 g/mol. The average molecular weight is 247 g/mol. The molecule has 0 atom stereocenters. The van der Waals surface area contributed by atoms with Crippen LogP contribution in [0.25, 0.3) is 0 Å². The lowest BCUT2D eigenvalue weighted by Gasteiger charge is -2.08. The van der Waals surface area contributed by atoms with E-state index in [1.165, 1.54) is 18.3 Å². The SMILES string of the molecule is CC(C)C(=O)c1ccc(OCC(F)(F)F)nc1. The standard InChI is InChI=1S/C11H12F3NO2/c1-7(2)10(16)8-3-4-9(15-5-8)17-6-11(12,13)14/h3-5,7H,6H2,1-2H3. The van der Waals surface area contributed by atoms with E-state index in [0.29, 0.717) is 5.56 Å². The van der Waals surface area contributed by atoms with Crippen LogP contribution >= 0.6 is 0 Å². The first-order valence-electron chi connectivity index (χ1n) is 4.99. The van der Waals surface area contributed by atoms with Gasteiger partial charge in [0, 0.05) is 23.7 Å². The van der Waals surface area contributed by atoms with Gasteiger partial charge in [-0.3, -0.25) is 4.79 Å². The van der Waals surface area contributed by atoms with Crippen LogP contribution in [0.4, 0.5) is 13.2 Å². The predicted molar refractivity (Wildman–Crippen MR) is 55.0 cm³/mol. The molecule has 1 aromatic heterocycles. The minimum absolute atomic E-state index is 0.111. The van der Waals surface area contributed by atoms with Crippen LogP contribution in [0, 0.1) is 5.92 Å². The Morgan fingerprint density at radius 2 is 2.06 bits per heavy atom. The summed E-state index contributed by atoms with van der Waals surface area (Å²) in [5.74, 6) is -0.443. The van der Waals surface area contributed by atoms with Crippen molar-refractivity contribution < 1.29 is 22.7 Å². The number of rotatable bonds is 4. The smallest absolute Gasteiger partial charge is 0.422 e. The average Bonchev–Trinajstić information content (AvgIpc) is 2.25. The van der Waals surface area contributed by atoms with E-state index in [1.54, 1.807) is 13.8 Å². The molecule has 0 amide bonds. The van der Waals surface area contributed by atoms with Gasteiger partial charge in [0.15, 0.2) is 12.4 Å². The maximum Gasteiger partial charge on any atom is 0.422 e. The summed E-state index contributed by atoms with van der Waals surface area (Å²) in [5, 5.41) is 0. The van der Waals surface area contributed by atoms with Gasteiger partial charge in [-0.15, -0.1) is 0 Å². The number of Topliss-reactive ketones (excluding diaryl/α,β-unsaturated/α-hetero) is 1. The van der Waals surface area contributed by atoms with Gasteiger partial charge in [-0.2, -0.15) is 13.2 Å². The van der Waals surface area contributed by atoms with E-state index in [9.17, 15) is 18.0 Å². The number of nitrogens with zero attached hydrogens (tertiary/aromatic N) is 1. The molecule has 1 aromatic rings. The van der Waals surface area contributed by atoms with Crippen molar-refractivity contribution in [3.05, 3.63) is 23.9 Å². The fourth-order valence-electron chi connectivity index (χ4n) is 1.10. The summed E-state index contributed by atoms with van der Waals surface area (Å²) in [4.78, 5) is 15.2. The van der Waals surface area contributed by atoms with E-state index < -0.39 is 12.8 Å². The molecule has 1 heterocycles. The van der Waals surface area contributed by atoms with E-state index >= 15 is 0 Å². The van der Waals surface area contributed by atoms with Gasteiger partial charge in [-0.05, 0) is 6.07 Å². The number of halogens is 3. The molecule has 0 aliphatic heterocycles. The zero-order chi connectivity index (χ0) is 13.1. The first kappa shape index (κ1) is 13.5. The third kappa shape index (κ3) is 4.42. The molecule has 0 unspecified atom stereocenters. The number of hydrogen-bond donors (Lipinski definition) is 0. The summed E-state index contributed by atoms with van der Waals surface area (Å²) in [6, 6.07) is 2.66. The molecule has 6 heteroatoms. The predicted octanol–water partition coefficient (Wildman–Crippen LogP) is 2.86. The molecular formula is C11H12F3NO2. The van der Waals surface area contributed by atoms with Crippen molar-refractivity contribution >= 4 is 5.78 Å². The first-order chi connectivity index (χ1) is 7.79. The van der Waals surface area contributed by atoms with E-state index in [2.05, 4.69) is 9.72 Å². The van der Waals surface area contributed by atoms with Gasteiger partial charge in [-0.25, -0.2) is 4.98 Å². The van der Waals surface area contributed by atoms with Gasteiger partial charge in [-0.1, -0.05) is 13.8 Å². The zero-order valence-corrected chi connectivity index (χ0v) is 9.41. The summed E-state index contributed by atoms with van der Waals surface area (Å²) in [5.41, 5.74) is 0.361. The van der Waals surface area contributed by atoms with E-state index in [4.69, 9.17) is 0 Å². The number of hydrogen-bond acceptors (Lipinski definition) is 3. The highest BCUT2D eigenvalue weighted by Crippen LogP contribution is 2.17. The number of ketones is 1. The largest absolute Gasteiger partial charge is 0.468 e. The minimum Gasteiger partial charge on any atom is -0.468 e. The second-order valence-corrected chi connectivity index (χ2v) is 3.81. The van der Waals surface area contributed by atoms with Gasteiger partial charge < -0.3 is 4.74 Å². The molecule has 0 radical (unpaired) electrons. The van der Waals surface area contributed by atoms with Crippen molar-refractivity contribution in [1.82, 2.24) is 4.98 Å². The fourth-order valence-corrected chi connectivity index (χ4v) is 1.10. The molecule has 0 aliphatic rings. The van der Waals surface area contributed by atoms with Crippen LogP contribution in [0.1, 0.15) is 24.2 Å². The highest BCUT2D eigenvalue weighted by atomic mass is 19.4. The number of carbonyl (C=O) groups is 1. The number of aromatic nitrogens is 1. The van der Waals surface area contributed by atoms with Crippen LogP contribution in [0.5, 0.6) is 5.88 Å². The molecule has 0 bridgehead atoms. The van der Waals surface area contributed by atoms with Crippen LogP contribution in [-0.4, -0.2) is 23.6 Å². The van der Waals surface area contributed by atoms with Crippen molar-refractivity contribution in [3.63, 3.8) is 0 Å². The Labute approximate surface area is 96.6 Å². The molecule has 0 aromatic carbocycles. The quantitative estimate of drug-likeness (QED) is 0.768. The van der Waals surface area contributed by atoms with E-state index in [-0.39, 0.29) is 17.6 Å². The van der Waals surface area contributed by atoms with E-state index in [0.717, 1.165) is 0 Å². The van der Waals surface area contributed by atoms with Gasteiger partial charge in [0.05, 0.1) is 0 Å². The Hall–Kier alpha value is -1.59. The topological polar surface area (TPSA) is 39.2 Å². The summed E-state index contributed by atoms with van der Waals surface area (Å²) >= 11 is 0. The van der Waals surface area contributed by atoms with Crippen molar-refractivity contribution in [2.75, 3.05) is 6.61 Å². The molecule has 17 heavy (non-hydrogen) atoms. The van der Waals surface area contributed by atoms with Gasteiger partial charge >= 0.3 is 6.18 Å². The van der Waals surface area contributed by atoms with Crippen molar-refractivity contribution in [2.45, 2.75) is 20.0 Å². The highest BCUT2D eigenvalue weighted by Gasteiger charge is 2.28. The lowest BCUT2D eigenvalue weighted by atomic mass is 10.0. The Kier molecular flexibility index (Phi) is 4.09. The Balaban J connectivity index is 2.66. The third-order valence-corrected chi connectivity index (χ3v) is 1.93. The van der Waals surface area contributed by atoms with Crippen LogP contribution in [0.2, 0.25) is 0 Å². The van der Waals surface area contributed by atoms with Crippen LogP contribution in [-0.2, 0) is 0 Å². The maximum atomic E-state index is 11.8. The molecule has 0 spiro atoms. The zero-order valence-electron chi connectivity index (χ0n) is 9.41. The van der Waals surface area contributed by atoms with Crippen LogP contribution in [0.3, 0.4) is 0 Å². The van der Waals surface area contributed by atoms with Gasteiger partial charge in [0.2, 0.25) is 5.88 Å². The molecule has 1 rings (SSSR count). The van der Waals surface area contributed by atoms with Gasteiger partial charge in [0.1, 0.15) is 0 Å². The Bertz CT molecular complexity index is 385. The second-order valence-electron chi connectivity index (χ2n) is 3.81. The lowest BCUT2D eigenvalue weighted by molar-refractivity contribution is -0.154. The minimum atomic E-state index is -4.39. The molecule has 0 N–H and O–H groups in total. The molecule has 94 valence electrons. The van der Waals surface area contributed by atoms with Crippen LogP contribution in [0.15, 0.2) is 18.3 Å².